The summed E-state index contributed by atoms with van der Waals surface area (Å²) in [5.74, 6) is -0.796. The fourth-order valence-electron chi connectivity index (χ4n) is 11.1. The summed E-state index contributed by atoms with van der Waals surface area (Å²) in [6.45, 7) is 11.1. The van der Waals surface area contributed by atoms with E-state index in [4.69, 9.17) is 19.6 Å². The van der Waals surface area contributed by atoms with Gasteiger partial charge in [0.15, 0.2) is 5.82 Å². The van der Waals surface area contributed by atoms with Gasteiger partial charge in [-0.15, -0.1) is 10.2 Å². The molecular weight excluding hydrogens is 960 g/mol. The van der Waals surface area contributed by atoms with E-state index >= 15 is 4.39 Å². The number of aromatic nitrogens is 5. The van der Waals surface area contributed by atoms with Crippen molar-refractivity contribution in [2.75, 3.05) is 33.3 Å². The van der Waals surface area contributed by atoms with Gasteiger partial charge in [-0.25, -0.2) is 14.2 Å². The Morgan fingerprint density at radius 2 is 1.63 bits per heavy atom. The number of fused-ring (bicyclic) bond motifs is 5. The van der Waals surface area contributed by atoms with Crippen LogP contribution in [-0.4, -0.2) is 101 Å². The second-order valence-corrected chi connectivity index (χ2v) is 19.9. The van der Waals surface area contributed by atoms with E-state index in [1.54, 1.807) is 28.5 Å². The average molecular weight is 1020 g/mol. The molecule has 0 bridgehead atoms. The van der Waals surface area contributed by atoms with E-state index in [-0.39, 0.29) is 66.8 Å². The summed E-state index contributed by atoms with van der Waals surface area (Å²) < 4.78 is 30.0. The molecule has 2 amide bonds. The summed E-state index contributed by atoms with van der Waals surface area (Å²) in [6.07, 6.45) is 2.68. The van der Waals surface area contributed by atoms with Gasteiger partial charge in [0, 0.05) is 68.6 Å². The first-order chi connectivity index (χ1) is 36.2. The van der Waals surface area contributed by atoms with Crippen molar-refractivity contribution in [1.29, 1.82) is 0 Å². The van der Waals surface area contributed by atoms with Crippen molar-refractivity contribution in [2.24, 2.45) is 0 Å². The molecule has 75 heavy (non-hydrogen) atoms. The maximum absolute atomic E-state index is 15.4. The van der Waals surface area contributed by atoms with Gasteiger partial charge in [-0.05, 0) is 101 Å². The molecule has 4 aromatic carbocycles. The molecule has 17 nitrogen and oxygen atoms in total. The monoisotopic (exact) mass is 1020 g/mol. The van der Waals surface area contributed by atoms with Crippen LogP contribution in [0.25, 0.3) is 39.4 Å². The van der Waals surface area contributed by atoms with Crippen LogP contribution in [0.4, 0.5) is 9.18 Å². The molecule has 388 valence electrons. The SMILES string of the molecule is CCC1C(=O)OCc2c1cc1n(c2=O)Cc2c-1nc1cc(F)c(C)c3c1c2C(NC(=O)OCc1ccc(CC(=O)N2CCN(Cc4ccc(-n5cnnc5-c5cc(C(C)C)c(O)cc5O)cc4)CC2)cc1)CC3.CO. The topological polar surface area (TPSA) is 214 Å². The Morgan fingerprint density at radius 1 is 0.907 bits per heavy atom. The Hall–Kier alpha value is -7.96. The molecule has 6 heterocycles. The lowest BCUT2D eigenvalue weighted by molar-refractivity contribution is -0.148. The molecule has 2 atom stereocenters. The minimum absolute atomic E-state index is 0.000614. The lowest BCUT2D eigenvalue weighted by Gasteiger charge is -2.35. The van der Waals surface area contributed by atoms with Gasteiger partial charge < -0.3 is 39.6 Å². The number of hydrogen-bond donors (Lipinski definition) is 4. The normalized spacial score (nSPS) is 16.7. The number of esters is 1. The quantitative estimate of drug-likeness (QED) is 0.0920. The number of amides is 2. The minimum Gasteiger partial charge on any atom is -0.508 e. The van der Waals surface area contributed by atoms with Gasteiger partial charge in [0.25, 0.3) is 5.56 Å². The zero-order valence-corrected chi connectivity index (χ0v) is 42.5. The highest BCUT2D eigenvalue weighted by atomic mass is 19.1. The number of aliphatic hydroxyl groups is 1. The van der Waals surface area contributed by atoms with E-state index in [0.29, 0.717) is 82.9 Å². The maximum Gasteiger partial charge on any atom is 0.407 e. The van der Waals surface area contributed by atoms with Crippen molar-refractivity contribution >= 4 is 28.9 Å². The molecular formula is C57H59FN8O9. The molecule has 4 N–H and O–H groups in total. The summed E-state index contributed by atoms with van der Waals surface area (Å²) in [6, 6.07) is 21.4. The van der Waals surface area contributed by atoms with E-state index < -0.39 is 18.1 Å². The minimum atomic E-state index is -0.624. The van der Waals surface area contributed by atoms with Crippen molar-refractivity contribution in [2.45, 2.75) is 97.6 Å². The highest BCUT2D eigenvalue weighted by Crippen LogP contribution is 2.46. The van der Waals surface area contributed by atoms with Crippen LogP contribution < -0.4 is 10.9 Å². The number of aliphatic hydroxyl groups excluding tert-OH is 1. The van der Waals surface area contributed by atoms with Crippen LogP contribution in [0.2, 0.25) is 0 Å². The summed E-state index contributed by atoms with van der Waals surface area (Å²) >= 11 is 0. The predicted molar refractivity (Wildman–Crippen MR) is 277 cm³/mol. The van der Waals surface area contributed by atoms with Crippen LogP contribution in [-0.2, 0) is 58.2 Å². The van der Waals surface area contributed by atoms with Crippen LogP contribution in [0, 0.1) is 12.7 Å². The fourth-order valence-corrected chi connectivity index (χ4v) is 11.1. The molecule has 1 aliphatic carbocycles. The molecule has 1 saturated heterocycles. The molecule has 3 aromatic heterocycles. The van der Waals surface area contributed by atoms with Gasteiger partial charge in [0.05, 0.1) is 53.0 Å². The first-order valence-corrected chi connectivity index (χ1v) is 25.3. The van der Waals surface area contributed by atoms with Gasteiger partial charge in [0.2, 0.25) is 5.91 Å². The molecule has 7 aromatic rings. The third kappa shape index (κ3) is 9.48. The number of ether oxygens (including phenoxy) is 2. The summed E-state index contributed by atoms with van der Waals surface area (Å²) in [4.78, 5) is 62.8. The van der Waals surface area contributed by atoms with E-state index in [1.165, 1.54) is 12.1 Å². The van der Waals surface area contributed by atoms with Gasteiger partial charge in [-0.3, -0.25) is 23.9 Å². The molecule has 0 spiro atoms. The van der Waals surface area contributed by atoms with Crippen molar-refractivity contribution in [3.63, 3.8) is 0 Å². The van der Waals surface area contributed by atoms with Crippen LogP contribution in [0.5, 0.6) is 11.5 Å². The van der Waals surface area contributed by atoms with Crippen molar-refractivity contribution in [3.8, 4) is 40.0 Å². The fraction of sp³-hybridized carbons (Fsp3) is 0.351. The number of cyclic esters (lactones) is 1. The Bertz CT molecular complexity index is 3440. The van der Waals surface area contributed by atoms with E-state index in [1.807, 2.05) is 68.1 Å². The highest BCUT2D eigenvalue weighted by molar-refractivity contribution is 5.93. The number of carbonyl (C=O) groups excluding carboxylic acids is 3. The van der Waals surface area contributed by atoms with Crippen LogP contribution >= 0.6 is 0 Å². The Balaban J connectivity index is 0.00000317. The molecule has 3 aliphatic heterocycles. The summed E-state index contributed by atoms with van der Waals surface area (Å²) in [7, 11) is 1.00. The number of alkyl carbamates (subject to hydrolysis) is 1. The molecule has 0 radical (unpaired) electrons. The van der Waals surface area contributed by atoms with Gasteiger partial charge in [-0.1, -0.05) is 57.2 Å². The highest BCUT2D eigenvalue weighted by Gasteiger charge is 2.38. The molecule has 0 saturated carbocycles. The smallest absolute Gasteiger partial charge is 0.407 e. The molecule has 4 aliphatic rings. The van der Waals surface area contributed by atoms with Crippen LogP contribution in [0.1, 0.15) is 107 Å². The third-order valence-electron chi connectivity index (χ3n) is 15.1. The number of rotatable bonds is 11. The van der Waals surface area contributed by atoms with Crippen molar-refractivity contribution in [1.82, 2.24) is 39.4 Å². The number of aryl methyl sites for hydroxylation is 1. The van der Waals surface area contributed by atoms with Crippen LogP contribution in [0.3, 0.4) is 0 Å². The van der Waals surface area contributed by atoms with E-state index in [2.05, 4.69) is 32.5 Å². The lowest BCUT2D eigenvalue weighted by Crippen LogP contribution is -2.48. The molecule has 18 heteroatoms. The predicted octanol–water partition coefficient (Wildman–Crippen LogP) is 7.61. The van der Waals surface area contributed by atoms with Crippen LogP contribution in [0.15, 0.2) is 83.9 Å². The summed E-state index contributed by atoms with van der Waals surface area (Å²) in [5.41, 5.74) is 10.0. The Labute approximate surface area is 432 Å². The number of carbonyl (C=O) groups is 3. The number of halogens is 1. The number of phenolic OH excluding ortho intramolecular Hbond substituents is 2. The first-order valence-electron chi connectivity index (χ1n) is 25.3. The summed E-state index contributed by atoms with van der Waals surface area (Å²) in [5, 5.41) is 40.3. The second-order valence-electron chi connectivity index (χ2n) is 19.9. The number of aromatic hydroxyl groups is 2. The number of piperazine rings is 1. The lowest BCUT2D eigenvalue weighted by atomic mass is 9.81. The first kappa shape index (κ1) is 50.6. The van der Waals surface area contributed by atoms with Crippen molar-refractivity contribution in [3.05, 3.63) is 151 Å². The Kier molecular flexibility index (Phi) is 14.0. The number of nitrogens with zero attached hydrogens (tertiary/aromatic N) is 7. The van der Waals surface area contributed by atoms with Gasteiger partial charge >= 0.3 is 12.1 Å². The third-order valence-corrected chi connectivity index (χ3v) is 15.1. The molecule has 2 unspecified atom stereocenters. The standard InChI is InChI=1S/C56H55FN8O8.CH4O/c1-5-36-39-22-46-52-41(26-64(46)54(69)42(39)28-72-55(36)70)51-44(15-14-37-31(4)43(57)23-45(59-52)50(37)51)60-56(71)73-27-34-8-6-32(7-9-34)20-49(68)63-18-16-62(17-19-63)25-33-10-12-35(13-11-33)65-29-58-61-53(65)40-21-38(30(2)3)47(66)24-48(40)67;1-2/h6-13,21-24,29-30,36,44,66-67H,5,14-20,25-28H2,1-4H3,(H,60,71);2H,1H3. The Morgan fingerprint density at radius 3 is 2.35 bits per heavy atom. The zero-order valence-electron chi connectivity index (χ0n) is 42.5. The number of pyridine rings is 2. The number of phenols is 2. The number of nitrogens with one attached hydrogen (secondary N) is 1. The largest absolute Gasteiger partial charge is 0.508 e. The van der Waals surface area contributed by atoms with Gasteiger partial charge in [0.1, 0.15) is 36.9 Å². The second kappa shape index (κ2) is 20.7. The van der Waals surface area contributed by atoms with E-state index in [0.717, 1.165) is 71.2 Å². The molecule has 1 fully saturated rings. The maximum atomic E-state index is 15.4. The zero-order chi connectivity index (χ0) is 52.8. The number of benzene rings is 4. The number of hydrogen-bond acceptors (Lipinski definition) is 13. The van der Waals surface area contributed by atoms with E-state index in [9.17, 15) is 29.4 Å². The average Bonchev–Trinajstić information content (AvgIpc) is 4.05. The molecule has 11 rings (SSSR count). The van der Waals surface area contributed by atoms with Gasteiger partial charge in [-0.2, -0.15) is 0 Å². The van der Waals surface area contributed by atoms with Crippen molar-refractivity contribution < 1.29 is 43.6 Å².